The van der Waals surface area contributed by atoms with E-state index in [0.29, 0.717) is 0 Å². The Bertz CT molecular complexity index is 957. The third-order valence-electron chi connectivity index (χ3n) is 5.66. The molecule has 0 radical (unpaired) electrons. The molecule has 27 heavy (non-hydrogen) atoms. The Hall–Kier alpha value is -2.24. The van der Waals surface area contributed by atoms with Crippen LogP contribution in [0.1, 0.15) is 36.0 Å². The zero-order valence-electron chi connectivity index (χ0n) is 15.2. The average molecular weight is 378 g/mol. The summed E-state index contributed by atoms with van der Waals surface area (Å²) in [5.74, 6) is 0.0243. The van der Waals surface area contributed by atoms with E-state index in [-0.39, 0.29) is 11.9 Å². The van der Waals surface area contributed by atoms with Crippen LogP contribution in [0.5, 0.6) is 0 Å². The number of rotatable bonds is 4. The number of carbonyl (C=O) groups is 1. The number of fused-ring (bicyclic) bond motifs is 1. The highest BCUT2D eigenvalue weighted by Crippen LogP contribution is 2.30. The lowest BCUT2D eigenvalue weighted by atomic mass is 10.0. The molecule has 2 aromatic heterocycles. The highest BCUT2D eigenvalue weighted by molar-refractivity contribution is 7.13. The molecule has 1 aromatic carbocycles. The highest BCUT2D eigenvalue weighted by Gasteiger charge is 2.32. The van der Waals surface area contributed by atoms with Crippen LogP contribution >= 0.6 is 11.3 Å². The van der Waals surface area contributed by atoms with Crippen LogP contribution < -0.4 is 5.32 Å². The molecular weight excluding hydrogens is 354 g/mol. The average Bonchev–Trinajstić information content (AvgIpc) is 3.41. The Kier molecular flexibility index (Phi) is 4.42. The second-order valence-corrected chi connectivity index (χ2v) is 8.51. The van der Waals surface area contributed by atoms with Gasteiger partial charge in [0.05, 0.1) is 21.7 Å². The summed E-state index contributed by atoms with van der Waals surface area (Å²) in [5, 5.41) is 6.25. The Balaban J connectivity index is 1.40. The number of hydrogen-bond donors (Lipinski definition) is 1. The van der Waals surface area contributed by atoms with E-state index >= 15 is 0 Å². The lowest BCUT2D eigenvalue weighted by Crippen LogP contribution is -2.45. The van der Waals surface area contributed by atoms with Gasteiger partial charge in [-0.1, -0.05) is 24.3 Å². The number of amides is 1. The molecule has 0 bridgehead atoms. The van der Waals surface area contributed by atoms with Gasteiger partial charge < -0.3 is 10.2 Å². The summed E-state index contributed by atoms with van der Waals surface area (Å²) >= 11 is 1.65. The van der Waals surface area contributed by atoms with Crippen molar-refractivity contribution in [1.82, 2.24) is 15.2 Å². The SMILES string of the molecule is O=C(NC1CCN(C2CC2)CC1)c1cc(-c2cccs2)nc2ccccc12. The van der Waals surface area contributed by atoms with Crippen molar-refractivity contribution in [2.45, 2.75) is 37.8 Å². The van der Waals surface area contributed by atoms with Gasteiger partial charge in [0.15, 0.2) is 0 Å². The molecule has 1 N–H and O–H groups in total. The number of benzene rings is 1. The zero-order valence-corrected chi connectivity index (χ0v) is 16.0. The van der Waals surface area contributed by atoms with Crippen molar-refractivity contribution in [3.63, 3.8) is 0 Å². The highest BCUT2D eigenvalue weighted by atomic mass is 32.1. The smallest absolute Gasteiger partial charge is 0.252 e. The fourth-order valence-corrected chi connectivity index (χ4v) is 4.71. The summed E-state index contributed by atoms with van der Waals surface area (Å²) in [6.45, 7) is 2.21. The predicted octanol–water partition coefficient (Wildman–Crippen LogP) is 4.32. The van der Waals surface area contributed by atoms with Crippen LogP contribution in [0.4, 0.5) is 0 Å². The van der Waals surface area contributed by atoms with Crippen LogP contribution in [0, 0.1) is 0 Å². The summed E-state index contributed by atoms with van der Waals surface area (Å²) in [7, 11) is 0. The zero-order chi connectivity index (χ0) is 18.2. The van der Waals surface area contributed by atoms with E-state index in [1.165, 1.54) is 12.8 Å². The number of likely N-dealkylation sites (tertiary alicyclic amines) is 1. The maximum Gasteiger partial charge on any atom is 0.252 e. The van der Waals surface area contributed by atoms with E-state index in [1.54, 1.807) is 11.3 Å². The first-order valence-corrected chi connectivity index (χ1v) is 10.6. The van der Waals surface area contributed by atoms with E-state index < -0.39 is 0 Å². The molecule has 0 unspecified atom stereocenters. The van der Waals surface area contributed by atoms with Crippen molar-refractivity contribution in [3.05, 3.63) is 53.4 Å². The monoisotopic (exact) mass is 377 g/mol. The van der Waals surface area contributed by atoms with Crippen molar-refractivity contribution in [2.24, 2.45) is 0 Å². The summed E-state index contributed by atoms with van der Waals surface area (Å²) < 4.78 is 0. The van der Waals surface area contributed by atoms with Gasteiger partial charge >= 0.3 is 0 Å². The number of hydrogen-bond acceptors (Lipinski definition) is 4. The molecule has 1 saturated carbocycles. The van der Waals surface area contributed by atoms with Gasteiger partial charge in [-0.15, -0.1) is 11.3 Å². The molecule has 1 saturated heterocycles. The van der Waals surface area contributed by atoms with E-state index in [0.717, 1.165) is 59.0 Å². The van der Waals surface area contributed by atoms with Gasteiger partial charge in [-0.25, -0.2) is 4.98 Å². The van der Waals surface area contributed by atoms with Crippen molar-refractivity contribution in [1.29, 1.82) is 0 Å². The second-order valence-electron chi connectivity index (χ2n) is 7.56. The number of aromatic nitrogens is 1. The minimum Gasteiger partial charge on any atom is -0.349 e. The number of thiophene rings is 1. The van der Waals surface area contributed by atoms with E-state index in [4.69, 9.17) is 4.98 Å². The fourth-order valence-electron chi connectivity index (χ4n) is 4.03. The summed E-state index contributed by atoms with van der Waals surface area (Å²) in [5.41, 5.74) is 2.48. The number of pyridine rings is 1. The van der Waals surface area contributed by atoms with Crippen LogP contribution in [0.2, 0.25) is 0 Å². The Morgan fingerprint density at radius 3 is 2.63 bits per heavy atom. The summed E-state index contributed by atoms with van der Waals surface area (Å²) in [6, 6.07) is 15.0. The van der Waals surface area contributed by atoms with Crippen LogP contribution in [-0.2, 0) is 0 Å². The molecule has 4 nitrogen and oxygen atoms in total. The number of nitrogens with one attached hydrogen (secondary N) is 1. The lowest BCUT2D eigenvalue weighted by Gasteiger charge is -2.32. The van der Waals surface area contributed by atoms with E-state index in [2.05, 4.69) is 16.3 Å². The predicted molar refractivity (Wildman–Crippen MR) is 110 cm³/mol. The Labute approximate surface area is 163 Å². The molecule has 0 spiro atoms. The number of piperidine rings is 1. The second kappa shape index (κ2) is 7.06. The van der Waals surface area contributed by atoms with Crippen molar-refractivity contribution < 1.29 is 4.79 Å². The van der Waals surface area contributed by atoms with E-state index in [1.807, 2.05) is 41.8 Å². The molecule has 2 aliphatic rings. The number of para-hydroxylation sites is 1. The maximum absolute atomic E-state index is 13.1. The van der Waals surface area contributed by atoms with E-state index in [9.17, 15) is 4.79 Å². The third-order valence-corrected chi connectivity index (χ3v) is 6.55. The van der Waals surface area contributed by atoms with Gasteiger partial charge in [0.1, 0.15) is 0 Å². The maximum atomic E-state index is 13.1. The lowest BCUT2D eigenvalue weighted by molar-refractivity contribution is 0.0911. The molecule has 138 valence electrons. The number of nitrogens with zero attached hydrogens (tertiary/aromatic N) is 2. The molecule has 5 heteroatoms. The molecule has 3 aromatic rings. The minimum atomic E-state index is 0.0243. The molecule has 0 atom stereocenters. The quantitative estimate of drug-likeness (QED) is 0.736. The Morgan fingerprint density at radius 1 is 1.07 bits per heavy atom. The van der Waals surface area contributed by atoms with Gasteiger partial charge in [0, 0.05) is 30.6 Å². The largest absolute Gasteiger partial charge is 0.349 e. The molecule has 5 rings (SSSR count). The van der Waals surface area contributed by atoms with Crippen LogP contribution in [0.3, 0.4) is 0 Å². The minimum absolute atomic E-state index is 0.0243. The topological polar surface area (TPSA) is 45.2 Å². The Morgan fingerprint density at radius 2 is 1.89 bits per heavy atom. The van der Waals surface area contributed by atoms with Gasteiger partial charge in [-0.3, -0.25) is 4.79 Å². The van der Waals surface area contributed by atoms with Crippen molar-refractivity contribution >= 4 is 28.1 Å². The van der Waals surface area contributed by atoms with Crippen LogP contribution in [-0.4, -0.2) is 41.0 Å². The van der Waals surface area contributed by atoms with Crippen molar-refractivity contribution in [3.8, 4) is 10.6 Å². The van der Waals surface area contributed by atoms with Gasteiger partial charge in [-0.2, -0.15) is 0 Å². The first-order valence-electron chi connectivity index (χ1n) is 9.76. The summed E-state index contributed by atoms with van der Waals surface area (Å²) in [4.78, 5) is 21.6. The molecular formula is C22H23N3OS. The molecule has 1 aliphatic carbocycles. The third kappa shape index (κ3) is 3.49. The standard InChI is InChI=1S/C22H23N3OS/c26-22(23-15-9-11-25(12-10-15)16-7-8-16)18-14-20(21-6-3-13-27-21)24-19-5-2-1-4-17(18)19/h1-6,13-16H,7-12H2,(H,23,26). The number of carbonyl (C=O) groups excluding carboxylic acids is 1. The van der Waals surface area contributed by atoms with Crippen LogP contribution in [0.25, 0.3) is 21.5 Å². The normalized spacial score (nSPS) is 18.7. The first kappa shape index (κ1) is 16.9. The molecule has 2 fully saturated rings. The van der Waals surface area contributed by atoms with Gasteiger partial charge in [-0.05, 0) is 49.3 Å². The van der Waals surface area contributed by atoms with Crippen molar-refractivity contribution in [2.75, 3.05) is 13.1 Å². The molecule has 3 heterocycles. The van der Waals surface area contributed by atoms with Crippen LogP contribution in [0.15, 0.2) is 47.8 Å². The summed E-state index contributed by atoms with van der Waals surface area (Å²) in [6.07, 6.45) is 4.79. The first-order chi connectivity index (χ1) is 13.3. The molecule has 1 amide bonds. The van der Waals surface area contributed by atoms with Gasteiger partial charge in [0.2, 0.25) is 0 Å². The fraction of sp³-hybridized carbons (Fsp3) is 0.364. The molecule has 1 aliphatic heterocycles. The van der Waals surface area contributed by atoms with Gasteiger partial charge in [0.25, 0.3) is 5.91 Å².